The topological polar surface area (TPSA) is 66.7 Å². The molecule has 0 spiro atoms. The maximum Gasteiger partial charge on any atom is 0.489 e. The van der Waals surface area contributed by atoms with Crippen LogP contribution in [0.2, 0.25) is 0 Å². The van der Waals surface area contributed by atoms with Crippen LogP contribution in [0.25, 0.3) is 208 Å². The first-order valence-corrected chi connectivity index (χ1v) is 39.0. The van der Waals surface area contributed by atoms with Gasteiger partial charge in [0.15, 0.2) is 0 Å². The van der Waals surface area contributed by atoms with Gasteiger partial charge >= 0.3 is 7.12 Å². The Morgan fingerprint density at radius 1 is 0.196 bits per heavy atom. The van der Waals surface area contributed by atoms with Crippen molar-refractivity contribution in [3.63, 3.8) is 0 Å². The molecule has 20 aromatic carbocycles. The average Bonchev–Trinajstić information content (AvgIpc) is 1.03. The summed E-state index contributed by atoms with van der Waals surface area (Å²) in [7, 11) is -1.54. The second-order valence-corrected chi connectivity index (χ2v) is 29.4. The first kappa shape index (κ1) is 69.0. The maximum absolute atomic E-state index is 10.2. The highest BCUT2D eigenvalue weighted by Gasteiger charge is 2.24. The summed E-state index contributed by atoms with van der Waals surface area (Å²) >= 11 is 3.55. The SMILES string of the molecule is Brc1cccc(-c2ccc3oc4cc5ccccc5cc4c3c2)c1.CC.OB(O)c1c2ccccc2c(-c2ccc(-c3ccc4ccccc4c3)cc2)c2ccccc12.c1cc(-c2ccc3oc4cc5ccccc5cc4c3c2)cc(-c2c3ccccc3c(-c3ccc(-c4ccc5ccccc5c4)cc3)c3ccccc23)c1. The molecule has 112 heavy (non-hydrogen) atoms. The van der Waals surface area contributed by atoms with E-state index >= 15 is 0 Å². The van der Waals surface area contributed by atoms with Gasteiger partial charge in [-0.2, -0.15) is 0 Å². The summed E-state index contributed by atoms with van der Waals surface area (Å²) in [6.07, 6.45) is 0. The normalized spacial score (nSPS) is 11.4. The van der Waals surface area contributed by atoms with Crippen molar-refractivity contribution in [3.8, 4) is 77.9 Å². The number of hydrogen-bond acceptors (Lipinski definition) is 4. The number of benzene rings is 20. The fourth-order valence-electron chi connectivity index (χ4n) is 16.7. The second kappa shape index (κ2) is 29.5. The van der Waals surface area contributed by atoms with E-state index in [1.165, 1.54) is 137 Å². The minimum absolute atomic E-state index is 0.553. The Kier molecular flexibility index (Phi) is 18.2. The third-order valence-corrected chi connectivity index (χ3v) is 22.5. The molecule has 22 aromatic rings. The van der Waals surface area contributed by atoms with Gasteiger partial charge in [0.05, 0.1) is 0 Å². The maximum atomic E-state index is 10.2. The van der Waals surface area contributed by atoms with Crippen LogP contribution in [0, 0.1) is 0 Å². The Labute approximate surface area is 657 Å². The molecule has 0 bridgehead atoms. The van der Waals surface area contributed by atoms with Crippen molar-refractivity contribution >= 4 is 159 Å². The van der Waals surface area contributed by atoms with Crippen LogP contribution in [-0.4, -0.2) is 17.2 Å². The van der Waals surface area contributed by atoms with Gasteiger partial charge in [-0.1, -0.05) is 339 Å². The number of fused-ring (bicyclic) bond motifs is 14. The van der Waals surface area contributed by atoms with Crippen LogP contribution >= 0.6 is 15.9 Å². The molecule has 2 N–H and O–H groups in total. The van der Waals surface area contributed by atoms with Gasteiger partial charge in [-0.05, 0) is 248 Å². The molecule has 2 aromatic heterocycles. The van der Waals surface area contributed by atoms with Crippen LogP contribution in [-0.2, 0) is 0 Å². The molecule has 4 nitrogen and oxygen atoms in total. The summed E-state index contributed by atoms with van der Waals surface area (Å²) in [6.45, 7) is 4.00. The molecule has 0 saturated heterocycles. The van der Waals surface area contributed by atoms with Crippen molar-refractivity contribution in [2.45, 2.75) is 13.8 Å². The Bertz CT molecular complexity index is 7280. The number of rotatable bonds is 8. The minimum atomic E-state index is -1.54. The van der Waals surface area contributed by atoms with Gasteiger partial charge in [0.2, 0.25) is 0 Å². The van der Waals surface area contributed by atoms with Gasteiger partial charge in [0.1, 0.15) is 22.3 Å². The van der Waals surface area contributed by atoms with E-state index in [9.17, 15) is 10.0 Å². The van der Waals surface area contributed by atoms with Gasteiger partial charge in [0, 0.05) is 26.0 Å². The van der Waals surface area contributed by atoms with Crippen LogP contribution in [0.3, 0.4) is 0 Å². The molecule has 0 radical (unpaired) electrons. The van der Waals surface area contributed by atoms with Crippen LogP contribution in [0.4, 0.5) is 0 Å². The molecule has 22 rings (SSSR count). The minimum Gasteiger partial charge on any atom is -0.456 e. The Hall–Kier alpha value is -13.5. The van der Waals surface area contributed by atoms with E-state index in [2.05, 4.69) is 362 Å². The molecule has 0 fully saturated rings. The first-order chi connectivity index (χ1) is 55.2. The van der Waals surface area contributed by atoms with E-state index in [-0.39, 0.29) is 0 Å². The average molecular weight is 1500 g/mol. The molecule has 0 aliphatic heterocycles. The highest BCUT2D eigenvalue weighted by Crippen LogP contribution is 2.46. The van der Waals surface area contributed by atoms with E-state index in [0.29, 0.717) is 5.46 Å². The monoisotopic (exact) mass is 1500 g/mol. The number of furan rings is 2. The molecule has 0 amide bonds. The van der Waals surface area contributed by atoms with Crippen molar-refractivity contribution in [3.05, 3.63) is 393 Å². The third kappa shape index (κ3) is 12.8. The lowest BCUT2D eigenvalue weighted by Gasteiger charge is -2.18. The lowest BCUT2D eigenvalue weighted by molar-refractivity contribution is 0.426. The molecular formula is C106H72BBrO4. The molecule has 0 atom stereocenters. The Balaban J connectivity index is 0.000000122. The lowest BCUT2D eigenvalue weighted by Crippen LogP contribution is -2.31. The Morgan fingerprint density at radius 3 is 0.875 bits per heavy atom. The highest BCUT2D eigenvalue weighted by atomic mass is 79.9. The summed E-state index contributed by atoms with van der Waals surface area (Å²) in [5.41, 5.74) is 21.0. The fourth-order valence-corrected chi connectivity index (χ4v) is 17.1. The number of hydrogen-bond donors (Lipinski definition) is 2. The lowest BCUT2D eigenvalue weighted by atomic mass is 9.72. The molecule has 0 aliphatic rings. The van der Waals surface area contributed by atoms with Gasteiger partial charge in [-0.15, -0.1) is 0 Å². The largest absolute Gasteiger partial charge is 0.489 e. The smallest absolute Gasteiger partial charge is 0.456 e. The number of halogens is 1. The van der Waals surface area contributed by atoms with Gasteiger partial charge < -0.3 is 18.9 Å². The quantitative estimate of drug-likeness (QED) is 0.118. The molecule has 0 aliphatic carbocycles. The highest BCUT2D eigenvalue weighted by molar-refractivity contribution is 9.10. The van der Waals surface area contributed by atoms with E-state index in [1.54, 1.807) is 0 Å². The van der Waals surface area contributed by atoms with E-state index in [1.807, 2.05) is 56.3 Å². The molecule has 6 heteroatoms. The molecule has 0 unspecified atom stereocenters. The van der Waals surface area contributed by atoms with Crippen molar-refractivity contribution < 1.29 is 18.9 Å². The van der Waals surface area contributed by atoms with Gasteiger partial charge in [0.25, 0.3) is 0 Å². The summed E-state index contributed by atoms with van der Waals surface area (Å²) in [4.78, 5) is 0. The molecule has 0 saturated carbocycles. The van der Waals surface area contributed by atoms with Crippen LogP contribution in [0.15, 0.2) is 402 Å². The molecular weight excluding hydrogens is 1430 g/mol. The Morgan fingerprint density at radius 2 is 0.473 bits per heavy atom. The van der Waals surface area contributed by atoms with Crippen molar-refractivity contribution in [1.82, 2.24) is 0 Å². The fraction of sp³-hybridized carbons (Fsp3) is 0.0189. The zero-order chi connectivity index (χ0) is 75.3. The van der Waals surface area contributed by atoms with E-state index in [0.717, 1.165) is 75.6 Å². The van der Waals surface area contributed by atoms with Crippen molar-refractivity contribution in [1.29, 1.82) is 0 Å². The second-order valence-electron chi connectivity index (χ2n) is 28.5. The van der Waals surface area contributed by atoms with Crippen molar-refractivity contribution in [2.24, 2.45) is 0 Å². The summed E-state index contributed by atoms with van der Waals surface area (Å²) in [5.74, 6) is 0. The third-order valence-electron chi connectivity index (χ3n) is 22.0. The molecule has 530 valence electrons. The zero-order valence-corrected chi connectivity index (χ0v) is 63.2. The van der Waals surface area contributed by atoms with E-state index < -0.39 is 7.12 Å². The predicted molar refractivity (Wildman–Crippen MR) is 481 cm³/mol. The van der Waals surface area contributed by atoms with Crippen LogP contribution < -0.4 is 5.46 Å². The zero-order valence-electron chi connectivity index (χ0n) is 61.6. The summed E-state index contributed by atoms with van der Waals surface area (Å²) in [6, 6.07) is 138. The van der Waals surface area contributed by atoms with E-state index in [4.69, 9.17) is 8.83 Å². The van der Waals surface area contributed by atoms with Crippen LogP contribution in [0.1, 0.15) is 13.8 Å². The first-order valence-electron chi connectivity index (χ1n) is 38.2. The predicted octanol–water partition coefficient (Wildman–Crippen LogP) is 29.2. The summed E-state index contributed by atoms with van der Waals surface area (Å²) < 4.78 is 13.5. The van der Waals surface area contributed by atoms with Crippen LogP contribution in [0.5, 0.6) is 0 Å². The standard InChI is InChI=1S/C52H32O.C30H21BO2.C22H13BrO.C2H6/c1-2-11-36-28-40(25-22-33(36)10-1)34-20-23-35(24-21-34)51-43-16-5-7-18-45(43)52(46-19-8-6-17-44(46)51)42-15-9-14-37(29-42)41-26-27-49-47(31-41)48-30-38-12-3-4-13-39(38)32-50(48)53-49;32-31(33)30-27-11-5-3-9-25(27)29(26-10-4-6-12-28(26)30)22-16-13-21(14-17-22)24-18-15-20-7-1-2-8-23(20)19-24;23-18-7-3-6-14(10-18)17-8-9-21-19(12-17)20-11-15-4-1-2-5-16(15)13-22(20)24-21;1-2/h1-32H;1-19,32-33H;1-13H;1-2H3. The summed E-state index contributed by atoms with van der Waals surface area (Å²) in [5, 5.41) is 43.6. The van der Waals surface area contributed by atoms with Crippen molar-refractivity contribution in [2.75, 3.05) is 0 Å². The van der Waals surface area contributed by atoms with Gasteiger partial charge in [-0.25, -0.2) is 0 Å². The van der Waals surface area contributed by atoms with Gasteiger partial charge in [-0.3, -0.25) is 0 Å². The molecule has 2 heterocycles.